The van der Waals surface area contributed by atoms with Crippen LogP contribution >= 0.6 is 11.6 Å². The van der Waals surface area contributed by atoms with E-state index in [0.29, 0.717) is 22.2 Å². The second-order valence-electron chi connectivity index (χ2n) is 6.17. The number of imide groups is 1. The van der Waals surface area contributed by atoms with E-state index in [4.69, 9.17) is 21.1 Å². The standard InChI is InChI=1S/C17H16ClNO4/c1-22-12-7-11(13(23-2)6-10(12)18)19-16(20)14-8-3-4-9(5-8)15(14)17(19)21/h3-4,6-9,14-15H,5H2,1-2H3/t8-,9-,14+,15+/m0/s1. The highest BCUT2D eigenvalue weighted by molar-refractivity contribution is 6.32. The van der Waals surface area contributed by atoms with Gasteiger partial charge < -0.3 is 9.47 Å². The van der Waals surface area contributed by atoms with Gasteiger partial charge in [0.1, 0.15) is 11.5 Å². The molecule has 4 atom stereocenters. The number of hydrogen-bond acceptors (Lipinski definition) is 4. The number of ether oxygens (including phenoxy) is 2. The SMILES string of the molecule is COc1cc(N2C(=O)[C@H]3[C@H](C2=O)[C@H]2C=C[C@H]3C2)c(OC)cc1Cl. The molecule has 1 aliphatic heterocycles. The average molecular weight is 334 g/mol. The second kappa shape index (κ2) is 4.99. The Morgan fingerprint density at radius 1 is 1.00 bits per heavy atom. The zero-order valence-corrected chi connectivity index (χ0v) is 13.5. The topological polar surface area (TPSA) is 55.8 Å². The molecular formula is C17H16ClNO4. The normalized spacial score (nSPS) is 31.0. The van der Waals surface area contributed by atoms with Crippen LogP contribution in [0.1, 0.15) is 6.42 Å². The molecule has 0 N–H and O–H groups in total. The van der Waals surface area contributed by atoms with E-state index in [-0.39, 0.29) is 35.5 Å². The van der Waals surface area contributed by atoms with Gasteiger partial charge in [-0.3, -0.25) is 9.59 Å². The van der Waals surface area contributed by atoms with E-state index in [1.54, 1.807) is 12.1 Å². The highest BCUT2D eigenvalue weighted by Gasteiger charge is 2.60. The van der Waals surface area contributed by atoms with Crippen molar-refractivity contribution in [1.82, 2.24) is 0 Å². The van der Waals surface area contributed by atoms with Gasteiger partial charge in [-0.1, -0.05) is 23.8 Å². The molecule has 0 radical (unpaired) electrons. The molecule has 0 aromatic heterocycles. The number of carbonyl (C=O) groups excluding carboxylic acids is 2. The van der Waals surface area contributed by atoms with Crippen LogP contribution in [0.3, 0.4) is 0 Å². The van der Waals surface area contributed by atoms with Gasteiger partial charge >= 0.3 is 0 Å². The number of halogens is 1. The Morgan fingerprint density at radius 2 is 1.57 bits per heavy atom. The quantitative estimate of drug-likeness (QED) is 0.630. The van der Waals surface area contributed by atoms with Crippen LogP contribution in [-0.2, 0) is 9.59 Å². The molecule has 120 valence electrons. The summed E-state index contributed by atoms with van der Waals surface area (Å²) >= 11 is 6.11. The van der Waals surface area contributed by atoms with Crippen LogP contribution < -0.4 is 14.4 Å². The first-order valence-corrected chi connectivity index (χ1v) is 7.92. The highest BCUT2D eigenvalue weighted by Crippen LogP contribution is 2.54. The summed E-state index contributed by atoms with van der Waals surface area (Å²) in [5.41, 5.74) is 0.401. The first kappa shape index (κ1) is 14.6. The smallest absolute Gasteiger partial charge is 0.238 e. The van der Waals surface area contributed by atoms with Crippen LogP contribution in [0.5, 0.6) is 11.5 Å². The predicted octanol–water partition coefficient (Wildman–Crippen LogP) is 2.67. The lowest BCUT2D eigenvalue weighted by atomic mass is 9.85. The van der Waals surface area contributed by atoms with Crippen molar-refractivity contribution in [3.63, 3.8) is 0 Å². The number of hydrogen-bond donors (Lipinski definition) is 0. The van der Waals surface area contributed by atoms with E-state index < -0.39 is 0 Å². The van der Waals surface area contributed by atoms with Crippen molar-refractivity contribution in [3.05, 3.63) is 29.3 Å². The maximum absolute atomic E-state index is 12.9. The lowest BCUT2D eigenvalue weighted by Gasteiger charge is -2.21. The van der Waals surface area contributed by atoms with Crippen LogP contribution in [-0.4, -0.2) is 26.0 Å². The maximum Gasteiger partial charge on any atom is 0.238 e. The van der Waals surface area contributed by atoms with Crippen molar-refractivity contribution in [3.8, 4) is 11.5 Å². The fourth-order valence-electron chi connectivity index (χ4n) is 4.16. The maximum atomic E-state index is 12.9. The monoisotopic (exact) mass is 333 g/mol. The average Bonchev–Trinajstić information content (AvgIpc) is 3.22. The zero-order chi connectivity index (χ0) is 16.3. The summed E-state index contributed by atoms with van der Waals surface area (Å²) in [7, 11) is 2.97. The largest absolute Gasteiger partial charge is 0.495 e. The van der Waals surface area contributed by atoms with Crippen LogP contribution in [0, 0.1) is 23.7 Å². The van der Waals surface area contributed by atoms with Gasteiger partial charge in [0.25, 0.3) is 0 Å². The molecule has 1 saturated heterocycles. The molecular weight excluding hydrogens is 318 g/mol. The number of benzene rings is 1. The Hall–Kier alpha value is -2.01. The second-order valence-corrected chi connectivity index (χ2v) is 6.58. The fraction of sp³-hybridized carbons (Fsp3) is 0.412. The van der Waals surface area contributed by atoms with Crippen LogP contribution in [0.25, 0.3) is 0 Å². The lowest BCUT2D eigenvalue weighted by Crippen LogP contribution is -2.33. The van der Waals surface area contributed by atoms with Crippen molar-refractivity contribution < 1.29 is 19.1 Å². The summed E-state index contributed by atoms with van der Waals surface area (Å²) in [6, 6.07) is 3.16. The fourth-order valence-corrected chi connectivity index (χ4v) is 4.39. The molecule has 1 heterocycles. The first-order chi connectivity index (χ1) is 11.1. The van der Waals surface area contributed by atoms with Gasteiger partial charge in [-0.15, -0.1) is 0 Å². The molecule has 2 fully saturated rings. The molecule has 2 amide bonds. The number of nitrogens with zero attached hydrogens (tertiary/aromatic N) is 1. The molecule has 0 unspecified atom stereocenters. The van der Waals surface area contributed by atoms with Gasteiger partial charge in [-0.05, 0) is 18.3 Å². The third kappa shape index (κ3) is 1.86. The molecule has 3 aliphatic rings. The van der Waals surface area contributed by atoms with E-state index >= 15 is 0 Å². The van der Waals surface area contributed by atoms with Crippen molar-refractivity contribution in [2.75, 3.05) is 19.1 Å². The molecule has 2 bridgehead atoms. The van der Waals surface area contributed by atoms with Crippen molar-refractivity contribution in [1.29, 1.82) is 0 Å². The summed E-state index contributed by atoms with van der Waals surface area (Å²) < 4.78 is 10.5. The molecule has 23 heavy (non-hydrogen) atoms. The Kier molecular flexibility index (Phi) is 3.17. The number of allylic oxidation sites excluding steroid dienone is 2. The molecule has 2 aliphatic carbocycles. The van der Waals surface area contributed by atoms with E-state index in [0.717, 1.165) is 6.42 Å². The van der Waals surface area contributed by atoms with Crippen LogP contribution in [0.4, 0.5) is 5.69 Å². The minimum Gasteiger partial charge on any atom is -0.495 e. The number of amides is 2. The summed E-state index contributed by atoms with van der Waals surface area (Å²) in [4.78, 5) is 27.0. The van der Waals surface area contributed by atoms with Crippen molar-refractivity contribution in [2.45, 2.75) is 6.42 Å². The van der Waals surface area contributed by atoms with Gasteiger partial charge in [0, 0.05) is 12.1 Å². The first-order valence-electron chi connectivity index (χ1n) is 7.54. The number of methoxy groups -OCH3 is 2. The minimum atomic E-state index is -0.246. The molecule has 1 aromatic rings. The Balaban J connectivity index is 1.80. The van der Waals surface area contributed by atoms with E-state index in [1.165, 1.54) is 19.1 Å². The third-order valence-electron chi connectivity index (χ3n) is 5.16. The summed E-state index contributed by atoms with van der Waals surface area (Å²) in [6.45, 7) is 0. The Morgan fingerprint density at radius 3 is 2.09 bits per heavy atom. The Labute approximate surface area is 138 Å². The predicted molar refractivity (Wildman–Crippen MR) is 84.8 cm³/mol. The van der Waals surface area contributed by atoms with Gasteiger partial charge in [0.15, 0.2) is 0 Å². The highest BCUT2D eigenvalue weighted by atomic mass is 35.5. The lowest BCUT2D eigenvalue weighted by molar-refractivity contribution is -0.123. The van der Waals surface area contributed by atoms with E-state index in [9.17, 15) is 9.59 Å². The number of fused-ring (bicyclic) bond motifs is 5. The van der Waals surface area contributed by atoms with Gasteiger partial charge in [0.2, 0.25) is 11.8 Å². The number of anilines is 1. The molecule has 4 rings (SSSR count). The molecule has 0 spiro atoms. The zero-order valence-electron chi connectivity index (χ0n) is 12.8. The summed E-state index contributed by atoms with van der Waals surface area (Å²) in [5, 5.41) is 0.370. The van der Waals surface area contributed by atoms with Crippen LogP contribution in [0.2, 0.25) is 5.02 Å². The van der Waals surface area contributed by atoms with Gasteiger partial charge in [-0.25, -0.2) is 4.90 Å². The van der Waals surface area contributed by atoms with E-state index in [1.807, 2.05) is 0 Å². The number of rotatable bonds is 3. The number of carbonyl (C=O) groups is 2. The molecule has 1 saturated carbocycles. The summed E-state index contributed by atoms with van der Waals surface area (Å²) in [5.74, 6) is 0.337. The Bertz CT molecular complexity index is 714. The summed E-state index contributed by atoms with van der Waals surface area (Å²) in [6.07, 6.45) is 5.04. The third-order valence-corrected chi connectivity index (χ3v) is 5.46. The van der Waals surface area contributed by atoms with E-state index in [2.05, 4.69) is 12.2 Å². The van der Waals surface area contributed by atoms with Gasteiger partial charge in [-0.2, -0.15) is 0 Å². The van der Waals surface area contributed by atoms with Crippen molar-refractivity contribution in [2.24, 2.45) is 23.7 Å². The minimum absolute atomic E-state index is 0.153. The van der Waals surface area contributed by atoms with Crippen molar-refractivity contribution >= 4 is 29.1 Å². The molecule has 6 heteroatoms. The van der Waals surface area contributed by atoms with Crippen LogP contribution in [0.15, 0.2) is 24.3 Å². The molecule has 1 aromatic carbocycles. The molecule has 5 nitrogen and oxygen atoms in total. The van der Waals surface area contributed by atoms with Gasteiger partial charge in [0.05, 0.1) is 36.8 Å².